The number of carboxylic acid groups (broad SMARTS) is 1. The molecule has 1 N–H and O–H groups in total. The summed E-state index contributed by atoms with van der Waals surface area (Å²) < 4.78 is 0.0972. The molecule has 1 rings (SSSR count). The molecule has 0 bridgehead atoms. The fourth-order valence-electron chi connectivity index (χ4n) is 4.29. The largest absolute Gasteiger partial charge is 0.519 e. The van der Waals surface area contributed by atoms with Gasteiger partial charge in [-0.3, -0.25) is 0 Å². The van der Waals surface area contributed by atoms with Gasteiger partial charge >= 0.3 is 6.09 Å². The van der Waals surface area contributed by atoms with Crippen molar-refractivity contribution in [2.24, 2.45) is 5.92 Å². The lowest BCUT2D eigenvalue weighted by atomic mass is 9.98. The van der Waals surface area contributed by atoms with Gasteiger partial charge in [0.1, 0.15) is 6.20 Å². The Kier molecular flexibility index (Phi) is 13.3. The van der Waals surface area contributed by atoms with E-state index in [0.29, 0.717) is 12.6 Å². The molecule has 0 saturated carbocycles. The van der Waals surface area contributed by atoms with E-state index in [2.05, 4.69) is 25.7 Å². The lowest BCUT2D eigenvalue weighted by Gasteiger charge is -2.30. The van der Waals surface area contributed by atoms with Crippen LogP contribution in [0.1, 0.15) is 111 Å². The molecule has 0 aromatic carbocycles. The van der Waals surface area contributed by atoms with Crippen molar-refractivity contribution in [2.75, 3.05) is 19.8 Å². The van der Waals surface area contributed by atoms with Crippen LogP contribution in [0, 0.1) is 5.92 Å². The molecule has 1 amide bonds. The van der Waals surface area contributed by atoms with Gasteiger partial charge in [-0.25, -0.2) is 0 Å². The first kappa shape index (κ1) is 25.0. The molecule has 4 nitrogen and oxygen atoms in total. The van der Waals surface area contributed by atoms with Crippen LogP contribution in [0.25, 0.3) is 0 Å². The van der Waals surface area contributed by atoms with Crippen molar-refractivity contribution in [2.45, 2.75) is 111 Å². The van der Waals surface area contributed by atoms with Crippen LogP contribution < -0.4 is 0 Å². The molecule has 0 aromatic rings. The van der Waals surface area contributed by atoms with Crippen LogP contribution in [-0.4, -0.2) is 40.3 Å². The topological polar surface area (TPSA) is 40.5 Å². The fraction of sp³-hybridized carbons (Fsp3) is 0.875. The van der Waals surface area contributed by atoms with E-state index in [-0.39, 0.29) is 4.48 Å². The number of unbranched alkanes of at least 4 members (excludes halogenated alkanes) is 10. The van der Waals surface area contributed by atoms with Gasteiger partial charge in [-0.2, -0.15) is 9.28 Å². The summed E-state index contributed by atoms with van der Waals surface area (Å²) in [7, 11) is 0. The molecule has 164 valence electrons. The molecule has 2 unspecified atom stereocenters. The van der Waals surface area contributed by atoms with Gasteiger partial charge in [0, 0.05) is 12.5 Å². The molecule has 1 aliphatic heterocycles. The Balaban J connectivity index is 2.23. The van der Waals surface area contributed by atoms with Crippen LogP contribution in [0.15, 0.2) is 12.4 Å². The molecule has 2 atom stereocenters. The van der Waals surface area contributed by atoms with Crippen molar-refractivity contribution in [1.29, 1.82) is 0 Å². The summed E-state index contributed by atoms with van der Waals surface area (Å²) >= 11 is 0. The molecule has 4 heteroatoms. The average molecular weight is 396 g/mol. The third-order valence-electron chi connectivity index (χ3n) is 6.30. The molecule has 0 fully saturated rings. The Labute approximate surface area is 174 Å². The van der Waals surface area contributed by atoms with Crippen molar-refractivity contribution in [1.82, 2.24) is 4.90 Å². The summed E-state index contributed by atoms with van der Waals surface area (Å²) in [6.07, 6.45) is 21.3. The van der Waals surface area contributed by atoms with Gasteiger partial charge in [0.05, 0.1) is 12.7 Å². The summed E-state index contributed by atoms with van der Waals surface area (Å²) in [5.74, 6) is 0.498. The highest BCUT2D eigenvalue weighted by molar-refractivity contribution is 5.57. The van der Waals surface area contributed by atoms with E-state index < -0.39 is 6.09 Å². The Bertz CT molecular complexity index is 438. The number of rotatable bonds is 17. The van der Waals surface area contributed by atoms with E-state index in [9.17, 15) is 9.90 Å². The maximum Gasteiger partial charge on any atom is 0.519 e. The highest BCUT2D eigenvalue weighted by atomic mass is 16.4. The minimum Gasteiger partial charge on any atom is -0.435 e. The van der Waals surface area contributed by atoms with Crippen LogP contribution in [0.2, 0.25) is 0 Å². The normalized spacial score (nSPS) is 20.0. The smallest absolute Gasteiger partial charge is 0.435 e. The van der Waals surface area contributed by atoms with Gasteiger partial charge in [-0.05, 0) is 19.3 Å². The number of carbonyl (C=O) groups is 1. The molecule has 0 aromatic heterocycles. The predicted octanol–water partition coefficient (Wildman–Crippen LogP) is 7.36. The summed E-state index contributed by atoms with van der Waals surface area (Å²) in [4.78, 5) is 14.3. The zero-order valence-corrected chi connectivity index (χ0v) is 19.0. The molecule has 0 spiro atoms. The maximum absolute atomic E-state index is 12.0. The third-order valence-corrected chi connectivity index (χ3v) is 6.30. The second-order valence-electron chi connectivity index (χ2n) is 8.85. The molecule has 0 saturated heterocycles. The number of amides is 1. The summed E-state index contributed by atoms with van der Waals surface area (Å²) in [5.41, 5.74) is 0. The molecular formula is C24H47N2O2+. The van der Waals surface area contributed by atoms with Crippen molar-refractivity contribution >= 4 is 6.09 Å². The quantitative estimate of drug-likeness (QED) is 0.206. The fourth-order valence-corrected chi connectivity index (χ4v) is 4.29. The van der Waals surface area contributed by atoms with Crippen molar-refractivity contribution in [3.05, 3.63) is 12.4 Å². The molecule has 1 heterocycles. The summed E-state index contributed by atoms with van der Waals surface area (Å²) in [6.45, 7) is 9.00. The number of hydrogen-bond acceptors (Lipinski definition) is 2. The lowest BCUT2D eigenvalue weighted by molar-refractivity contribution is -0.812. The van der Waals surface area contributed by atoms with E-state index in [4.69, 9.17) is 0 Å². The second kappa shape index (κ2) is 14.9. The van der Waals surface area contributed by atoms with Gasteiger partial charge < -0.3 is 10.0 Å². The van der Waals surface area contributed by atoms with Gasteiger partial charge in [0.25, 0.3) is 0 Å². The monoisotopic (exact) mass is 395 g/mol. The second-order valence-corrected chi connectivity index (χ2v) is 8.85. The van der Waals surface area contributed by atoms with Crippen molar-refractivity contribution < 1.29 is 14.4 Å². The molecular weight excluding hydrogens is 348 g/mol. The minimum atomic E-state index is -0.697. The van der Waals surface area contributed by atoms with Crippen molar-refractivity contribution in [3.8, 4) is 0 Å². The SMILES string of the molecule is CCCCCCCCCCCCN1C=C[N+](CC(CC)CCCC)(C(=O)O)C1. The molecule has 0 aliphatic carbocycles. The predicted molar refractivity (Wildman–Crippen MR) is 119 cm³/mol. The average Bonchev–Trinajstić information content (AvgIpc) is 3.11. The standard InChI is InChI=1S/C24H46N2O2/c1-4-7-9-10-11-12-13-14-15-16-18-25-19-20-26(22-25,24(27)28)21-23(6-3)17-8-5-2/h19-20,23H,4-18,21-22H2,1-3H3/p+1. The Morgan fingerprint density at radius 1 is 0.929 bits per heavy atom. The number of nitrogens with zero attached hydrogens (tertiary/aromatic N) is 2. The van der Waals surface area contributed by atoms with Gasteiger partial charge in [0.2, 0.25) is 0 Å². The van der Waals surface area contributed by atoms with Crippen LogP contribution in [0.5, 0.6) is 0 Å². The number of hydrogen-bond donors (Lipinski definition) is 1. The van der Waals surface area contributed by atoms with Crippen LogP contribution >= 0.6 is 0 Å². The maximum atomic E-state index is 12.0. The van der Waals surface area contributed by atoms with Crippen LogP contribution in [0.3, 0.4) is 0 Å². The Hall–Kier alpha value is -1.03. The zero-order valence-electron chi connectivity index (χ0n) is 19.0. The van der Waals surface area contributed by atoms with E-state index in [1.807, 2.05) is 12.4 Å². The first-order valence-corrected chi connectivity index (χ1v) is 12.1. The lowest BCUT2D eigenvalue weighted by Crippen LogP contribution is -2.51. The molecule has 1 aliphatic rings. The number of quaternary nitrogens is 1. The molecule has 0 radical (unpaired) electrons. The Morgan fingerprint density at radius 2 is 1.50 bits per heavy atom. The zero-order chi connectivity index (χ0) is 20.7. The molecule has 28 heavy (non-hydrogen) atoms. The summed E-state index contributed by atoms with van der Waals surface area (Å²) in [5, 5.41) is 9.89. The van der Waals surface area contributed by atoms with E-state index in [1.54, 1.807) is 0 Å². The minimum absolute atomic E-state index is 0.0972. The van der Waals surface area contributed by atoms with Crippen LogP contribution in [0.4, 0.5) is 4.79 Å². The first-order valence-electron chi connectivity index (χ1n) is 12.1. The summed E-state index contributed by atoms with van der Waals surface area (Å²) in [6, 6.07) is 0. The van der Waals surface area contributed by atoms with E-state index in [0.717, 1.165) is 25.9 Å². The van der Waals surface area contributed by atoms with Gasteiger partial charge in [0.15, 0.2) is 6.67 Å². The van der Waals surface area contributed by atoms with E-state index in [1.165, 1.54) is 77.0 Å². The highest BCUT2D eigenvalue weighted by Crippen LogP contribution is 2.25. The van der Waals surface area contributed by atoms with Gasteiger partial charge in [-0.15, -0.1) is 0 Å². The van der Waals surface area contributed by atoms with Gasteiger partial charge in [-0.1, -0.05) is 91.4 Å². The van der Waals surface area contributed by atoms with E-state index >= 15 is 0 Å². The van der Waals surface area contributed by atoms with Crippen LogP contribution in [-0.2, 0) is 0 Å². The van der Waals surface area contributed by atoms with Crippen molar-refractivity contribution in [3.63, 3.8) is 0 Å². The highest BCUT2D eigenvalue weighted by Gasteiger charge is 2.41. The Morgan fingerprint density at radius 3 is 2.04 bits per heavy atom. The first-order chi connectivity index (χ1) is 13.6. The third kappa shape index (κ3) is 9.45.